The Labute approximate surface area is 127 Å². The summed E-state index contributed by atoms with van der Waals surface area (Å²) >= 11 is 1.91. The van der Waals surface area contributed by atoms with E-state index in [1.807, 2.05) is 11.3 Å². The number of aromatic nitrogens is 1. The number of likely N-dealkylation sites (tertiary alicyclic amines) is 1. The average molecular weight is 295 g/mol. The van der Waals surface area contributed by atoms with Crippen LogP contribution in [0.5, 0.6) is 0 Å². The van der Waals surface area contributed by atoms with Gasteiger partial charge in [0.05, 0.1) is 12.2 Å². The van der Waals surface area contributed by atoms with Crippen molar-refractivity contribution in [3.05, 3.63) is 15.6 Å². The molecular formula is C16H29N3S. The number of nitrogens with zero attached hydrogens (tertiary/aromatic N) is 2. The monoisotopic (exact) mass is 295 g/mol. The van der Waals surface area contributed by atoms with E-state index in [4.69, 9.17) is 4.98 Å². The maximum Gasteiger partial charge on any atom is 0.107 e. The quantitative estimate of drug-likeness (QED) is 0.814. The van der Waals surface area contributed by atoms with Crippen LogP contribution >= 0.6 is 11.3 Å². The van der Waals surface area contributed by atoms with E-state index in [0.717, 1.165) is 19.6 Å². The Morgan fingerprint density at radius 2 is 1.95 bits per heavy atom. The van der Waals surface area contributed by atoms with E-state index in [0.29, 0.717) is 0 Å². The van der Waals surface area contributed by atoms with E-state index < -0.39 is 0 Å². The first-order chi connectivity index (χ1) is 9.50. The van der Waals surface area contributed by atoms with Crippen LogP contribution in [0.2, 0.25) is 0 Å². The van der Waals surface area contributed by atoms with Crippen molar-refractivity contribution in [2.75, 3.05) is 19.6 Å². The molecule has 0 radical (unpaired) electrons. The highest BCUT2D eigenvalue weighted by molar-refractivity contribution is 7.11. The molecule has 3 nitrogen and oxygen atoms in total. The van der Waals surface area contributed by atoms with Crippen LogP contribution < -0.4 is 5.32 Å². The van der Waals surface area contributed by atoms with Gasteiger partial charge < -0.3 is 5.32 Å². The molecule has 1 saturated heterocycles. The maximum atomic E-state index is 4.96. The standard InChI is InChI=1S/C16H29N3S/c1-5-8-17-11-13-15(16(2,3)4)18-14(20-13)12-19-9-6-7-10-19/h17H,5-12H2,1-4H3. The van der Waals surface area contributed by atoms with Gasteiger partial charge in [-0.3, -0.25) is 4.90 Å². The van der Waals surface area contributed by atoms with Crippen molar-refractivity contribution in [1.29, 1.82) is 0 Å². The Morgan fingerprint density at radius 3 is 2.55 bits per heavy atom. The van der Waals surface area contributed by atoms with Gasteiger partial charge in [-0.05, 0) is 38.9 Å². The van der Waals surface area contributed by atoms with Gasteiger partial charge in [0.15, 0.2) is 0 Å². The number of hydrogen-bond acceptors (Lipinski definition) is 4. The number of nitrogens with one attached hydrogen (secondary N) is 1. The minimum absolute atomic E-state index is 0.142. The second kappa shape index (κ2) is 7.01. The van der Waals surface area contributed by atoms with Gasteiger partial charge in [-0.25, -0.2) is 4.98 Å². The second-order valence-electron chi connectivity index (χ2n) is 6.79. The minimum Gasteiger partial charge on any atom is -0.312 e. The second-order valence-corrected chi connectivity index (χ2v) is 7.96. The van der Waals surface area contributed by atoms with Crippen LogP contribution in [0.4, 0.5) is 0 Å². The molecule has 1 N–H and O–H groups in total. The molecule has 0 aromatic carbocycles. The highest BCUT2D eigenvalue weighted by atomic mass is 32.1. The first-order valence-corrected chi connectivity index (χ1v) is 8.74. The van der Waals surface area contributed by atoms with Crippen LogP contribution in [0.3, 0.4) is 0 Å². The summed E-state index contributed by atoms with van der Waals surface area (Å²) in [5.41, 5.74) is 1.43. The molecule has 1 aromatic heterocycles. The van der Waals surface area contributed by atoms with Gasteiger partial charge in [0, 0.05) is 16.8 Å². The summed E-state index contributed by atoms with van der Waals surface area (Å²) < 4.78 is 0. The fraction of sp³-hybridized carbons (Fsp3) is 0.812. The zero-order valence-electron chi connectivity index (χ0n) is 13.5. The van der Waals surface area contributed by atoms with Crippen molar-refractivity contribution in [1.82, 2.24) is 15.2 Å². The van der Waals surface area contributed by atoms with E-state index >= 15 is 0 Å². The molecule has 0 aliphatic carbocycles. The van der Waals surface area contributed by atoms with Crippen LogP contribution in [0.25, 0.3) is 0 Å². The minimum atomic E-state index is 0.142. The molecule has 114 valence electrons. The number of thiazole rings is 1. The van der Waals surface area contributed by atoms with Crippen LogP contribution in [0.15, 0.2) is 0 Å². The third-order valence-corrected chi connectivity index (χ3v) is 4.76. The third-order valence-electron chi connectivity index (χ3n) is 3.72. The predicted octanol–water partition coefficient (Wildman–Crippen LogP) is 3.54. The molecule has 1 aliphatic heterocycles. The Balaban J connectivity index is 2.08. The molecule has 20 heavy (non-hydrogen) atoms. The normalized spacial score (nSPS) is 17.0. The summed E-state index contributed by atoms with van der Waals surface area (Å²) in [5, 5.41) is 4.82. The molecule has 4 heteroatoms. The van der Waals surface area contributed by atoms with Gasteiger partial charge in [-0.2, -0.15) is 0 Å². The Morgan fingerprint density at radius 1 is 1.25 bits per heavy atom. The zero-order valence-corrected chi connectivity index (χ0v) is 14.3. The average Bonchev–Trinajstić information content (AvgIpc) is 2.99. The predicted molar refractivity (Wildman–Crippen MR) is 87.3 cm³/mol. The van der Waals surface area contributed by atoms with Crippen LogP contribution in [0, 0.1) is 0 Å². The lowest BCUT2D eigenvalue weighted by molar-refractivity contribution is 0.330. The molecule has 0 bridgehead atoms. The van der Waals surface area contributed by atoms with Crippen molar-refractivity contribution in [2.45, 2.75) is 65.5 Å². The van der Waals surface area contributed by atoms with Gasteiger partial charge in [0.25, 0.3) is 0 Å². The smallest absolute Gasteiger partial charge is 0.107 e. The number of rotatable bonds is 6. The molecule has 1 aromatic rings. The molecular weight excluding hydrogens is 266 g/mol. The fourth-order valence-corrected chi connectivity index (χ4v) is 3.98. The van der Waals surface area contributed by atoms with Gasteiger partial charge in [0.1, 0.15) is 5.01 Å². The van der Waals surface area contributed by atoms with Crippen molar-refractivity contribution in [2.24, 2.45) is 0 Å². The van der Waals surface area contributed by atoms with Crippen LogP contribution in [-0.4, -0.2) is 29.5 Å². The van der Waals surface area contributed by atoms with Crippen LogP contribution in [-0.2, 0) is 18.5 Å². The summed E-state index contributed by atoms with van der Waals surface area (Å²) in [6.07, 6.45) is 3.88. The molecule has 0 spiro atoms. The summed E-state index contributed by atoms with van der Waals surface area (Å²) in [7, 11) is 0. The lowest BCUT2D eigenvalue weighted by Gasteiger charge is -2.18. The first kappa shape index (κ1) is 15.9. The summed E-state index contributed by atoms with van der Waals surface area (Å²) in [4.78, 5) is 8.93. The van der Waals surface area contributed by atoms with E-state index in [1.165, 1.54) is 47.9 Å². The lowest BCUT2D eigenvalue weighted by atomic mass is 9.91. The number of hydrogen-bond donors (Lipinski definition) is 1. The van der Waals surface area contributed by atoms with Crippen molar-refractivity contribution in [3.8, 4) is 0 Å². The maximum absolute atomic E-state index is 4.96. The van der Waals surface area contributed by atoms with Gasteiger partial charge in [-0.15, -0.1) is 11.3 Å². The molecule has 2 heterocycles. The lowest BCUT2D eigenvalue weighted by Crippen LogP contribution is -2.20. The van der Waals surface area contributed by atoms with E-state index in [2.05, 4.69) is 37.9 Å². The topological polar surface area (TPSA) is 28.2 Å². The van der Waals surface area contributed by atoms with Crippen molar-refractivity contribution < 1.29 is 0 Å². The SMILES string of the molecule is CCCNCc1sc(CN2CCCC2)nc1C(C)(C)C. The first-order valence-electron chi connectivity index (χ1n) is 7.93. The molecule has 2 rings (SSSR count). The van der Waals surface area contributed by atoms with E-state index in [9.17, 15) is 0 Å². The fourth-order valence-electron chi connectivity index (χ4n) is 2.68. The largest absolute Gasteiger partial charge is 0.312 e. The molecule has 0 saturated carbocycles. The Kier molecular flexibility index (Phi) is 5.58. The van der Waals surface area contributed by atoms with Gasteiger partial charge in [0.2, 0.25) is 0 Å². The highest BCUT2D eigenvalue weighted by Gasteiger charge is 2.24. The van der Waals surface area contributed by atoms with E-state index in [1.54, 1.807) is 0 Å². The van der Waals surface area contributed by atoms with Gasteiger partial charge in [-0.1, -0.05) is 27.7 Å². The summed E-state index contributed by atoms with van der Waals surface area (Å²) in [6.45, 7) is 14.6. The zero-order chi connectivity index (χ0) is 14.6. The molecule has 0 unspecified atom stereocenters. The van der Waals surface area contributed by atoms with Crippen LogP contribution in [0.1, 0.15) is 62.5 Å². The van der Waals surface area contributed by atoms with Gasteiger partial charge >= 0.3 is 0 Å². The molecule has 1 aliphatic rings. The Bertz CT molecular complexity index is 414. The Hall–Kier alpha value is -0.450. The molecule has 0 atom stereocenters. The summed E-state index contributed by atoms with van der Waals surface area (Å²) in [5.74, 6) is 0. The molecule has 0 amide bonds. The molecule has 1 fully saturated rings. The third kappa shape index (κ3) is 4.27. The van der Waals surface area contributed by atoms with Crippen molar-refractivity contribution >= 4 is 11.3 Å². The van der Waals surface area contributed by atoms with Crippen molar-refractivity contribution in [3.63, 3.8) is 0 Å². The highest BCUT2D eigenvalue weighted by Crippen LogP contribution is 2.30. The van der Waals surface area contributed by atoms with E-state index in [-0.39, 0.29) is 5.41 Å². The summed E-state index contributed by atoms with van der Waals surface area (Å²) in [6, 6.07) is 0.